The highest BCUT2D eigenvalue weighted by Gasteiger charge is 2.26. The zero-order valence-corrected chi connectivity index (χ0v) is 12.1. The zero-order chi connectivity index (χ0) is 14.0. The third-order valence-electron chi connectivity index (χ3n) is 3.46. The summed E-state index contributed by atoms with van der Waals surface area (Å²) in [5, 5.41) is 0.746. The molecular formula is C14H19ClN2O2. The Bertz CT molecular complexity index is 532. The van der Waals surface area contributed by atoms with E-state index in [-0.39, 0.29) is 5.97 Å². The van der Waals surface area contributed by atoms with Crippen LogP contribution in [0.25, 0.3) is 5.03 Å². The predicted octanol–water partition coefficient (Wildman–Crippen LogP) is 2.74. The highest BCUT2D eigenvalue weighted by molar-refractivity contribution is 6.49. The fourth-order valence-electron chi connectivity index (χ4n) is 2.52. The number of carbonyl (C=O) groups excluding carboxylic acids is 1. The normalized spacial score (nSPS) is 14.5. The Morgan fingerprint density at radius 1 is 1.47 bits per heavy atom. The van der Waals surface area contributed by atoms with E-state index < -0.39 is 0 Å². The quantitative estimate of drug-likeness (QED) is 0.835. The molecule has 3 N–H and O–H groups in total. The van der Waals surface area contributed by atoms with E-state index in [1.54, 1.807) is 6.92 Å². The summed E-state index contributed by atoms with van der Waals surface area (Å²) in [4.78, 5) is 15.0. The van der Waals surface area contributed by atoms with Crippen LogP contribution >= 0.6 is 11.6 Å². The number of halogens is 1. The van der Waals surface area contributed by atoms with Gasteiger partial charge in [-0.15, -0.1) is 0 Å². The summed E-state index contributed by atoms with van der Waals surface area (Å²) in [5.74, 6) is -0.320. The molecule has 1 aliphatic rings. The van der Waals surface area contributed by atoms with E-state index in [1.165, 1.54) is 5.57 Å². The van der Waals surface area contributed by atoms with Crippen LogP contribution in [-0.4, -0.2) is 24.1 Å². The number of aromatic amines is 1. The van der Waals surface area contributed by atoms with Gasteiger partial charge in [-0.3, -0.25) is 0 Å². The minimum absolute atomic E-state index is 0.320. The van der Waals surface area contributed by atoms with Crippen LogP contribution in [0.2, 0.25) is 0 Å². The van der Waals surface area contributed by atoms with Gasteiger partial charge in [0, 0.05) is 16.3 Å². The number of nitrogens with two attached hydrogens (primary N) is 1. The summed E-state index contributed by atoms with van der Waals surface area (Å²) in [5.41, 5.74) is 10.1. The molecule has 1 heterocycles. The molecule has 0 spiro atoms. The number of fused-ring (bicyclic) bond motifs is 1. The van der Waals surface area contributed by atoms with Gasteiger partial charge in [-0.2, -0.15) is 0 Å². The number of ether oxygens (including phenoxy) is 1. The molecule has 4 nitrogen and oxygen atoms in total. The van der Waals surface area contributed by atoms with Gasteiger partial charge in [0.1, 0.15) is 5.69 Å². The van der Waals surface area contributed by atoms with Gasteiger partial charge in [-0.1, -0.05) is 11.6 Å². The van der Waals surface area contributed by atoms with Crippen LogP contribution in [0.1, 0.15) is 47.1 Å². The second-order valence-electron chi connectivity index (χ2n) is 4.66. The average molecular weight is 283 g/mol. The van der Waals surface area contributed by atoms with Crippen molar-refractivity contribution in [1.29, 1.82) is 0 Å². The Morgan fingerprint density at radius 2 is 2.21 bits per heavy atom. The zero-order valence-electron chi connectivity index (χ0n) is 11.3. The van der Waals surface area contributed by atoms with E-state index in [0.717, 1.165) is 41.1 Å². The van der Waals surface area contributed by atoms with Crippen LogP contribution < -0.4 is 5.73 Å². The third kappa shape index (κ3) is 2.55. The van der Waals surface area contributed by atoms with E-state index in [9.17, 15) is 4.79 Å². The van der Waals surface area contributed by atoms with Crippen LogP contribution in [0.15, 0.2) is 5.57 Å². The summed E-state index contributed by atoms with van der Waals surface area (Å²) in [7, 11) is 0. The van der Waals surface area contributed by atoms with Crippen molar-refractivity contribution in [2.45, 2.75) is 33.1 Å². The molecule has 0 atom stereocenters. The highest BCUT2D eigenvalue weighted by atomic mass is 35.5. The van der Waals surface area contributed by atoms with Crippen molar-refractivity contribution in [2.75, 3.05) is 13.2 Å². The molecule has 2 rings (SSSR count). The van der Waals surface area contributed by atoms with E-state index in [1.807, 2.05) is 6.92 Å². The highest BCUT2D eigenvalue weighted by Crippen LogP contribution is 2.38. The summed E-state index contributed by atoms with van der Waals surface area (Å²) in [6.07, 6.45) is 2.56. The summed E-state index contributed by atoms with van der Waals surface area (Å²) >= 11 is 6.44. The first-order chi connectivity index (χ1) is 9.10. The average Bonchev–Trinajstić information content (AvgIpc) is 2.71. The SMILES string of the molecule is CCOC(=O)c1[nH]c2c(c1C)C(Cl)=C(CCN)CC2. The van der Waals surface area contributed by atoms with Gasteiger partial charge in [-0.25, -0.2) is 4.79 Å². The number of hydrogen-bond donors (Lipinski definition) is 2. The van der Waals surface area contributed by atoms with E-state index >= 15 is 0 Å². The van der Waals surface area contributed by atoms with Gasteiger partial charge in [0.05, 0.1) is 6.61 Å². The molecule has 0 unspecified atom stereocenters. The monoisotopic (exact) mass is 282 g/mol. The molecule has 0 radical (unpaired) electrons. The maximum absolute atomic E-state index is 11.9. The number of carbonyl (C=O) groups is 1. The van der Waals surface area contributed by atoms with Crippen molar-refractivity contribution in [3.8, 4) is 0 Å². The standard InChI is InChI=1S/C14H19ClN2O2/c1-3-19-14(18)13-8(2)11-10(17-13)5-4-9(6-7-16)12(11)15/h17H,3-7,16H2,1-2H3. The summed E-state index contributed by atoms with van der Waals surface area (Å²) < 4.78 is 5.05. The molecule has 1 aliphatic carbocycles. The number of esters is 1. The molecule has 0 aliphatic heterocycles. The number of aromatic nitrogens is 1. The maximum Gasteiger partial charge on any atom is 0.355 e. The Balaban J connectivity index is 2.43. The molecule has 0 amide bonds. The second-order valence-corrected chi connectivity index (χ2v) is 5.03. The van der Waals surface area contributed by atoms with Crippen LogP contribution in [-0.2, 0) is 11.2 Å². The summed E-state index contributed by atoms with van der Waals surface area (Å²) in [6.45, 7) is 4.65. The molecule has 0 saturated carbocycles. The molecular weight excluding hydrogens is 264 g/mol. The van der Waals surface area contributed by atoms with Crippen molar-refractivity contribution in [2.24, 2.45) is 5.73 Å². The van der Waals surface area contributed by atoms with Gasteiger partial charge in [0.2, 0.25) is 0 Å². The Labute approximate surface area is 118 Å². The number of nitrogens with one attached hydrogen (secondary N) is 1. The van der Waals surface area contributed by atoms with E-state index in [4.69, 9.17) is 22.1 Å². The molecule has 1 aromatic rings. The predicted molar refractivity (Wildman–Crippen MR) is 76.3 cm³/mol. The van der Waals surface area contributed by atoms with Crippen molar-refractivity contribution in [3.05, 3.63) is 28.1 Å². The van der Waals surface area contributed by atoms with Crippen molar-refractivity contribution < 1.29 is 9.53 Å². The first-order valence-electron chi connectivity index (χ1n) is 6.56. The summed E-state index contributed by atoms with van der Waals surface area (Å²) in [6, 6.07) is 0. The van der Waals surface area contributed by atoms with Crippen molar-refractivity contribution in [1.82, 2.24) is 4.98 Å². The number of rotatable bonds is 4. The fraction of sp³-hybridized carbons (Fsp3) is 0.500. The lowest BCUT2D eigenvalue weighted by atomic mass is 9.93. The molecule has 0 saturated heterocycles. The van der Waals surface area contributed by atoms with E-state index in [0.29, 0.717) is 18.8 Å². The third-order valence-corrected chi connectivity index (χ3v) is 3.92. The Hall–Kier alpha value is -1.26. The molecule has 0 aromatic carbocycles. The molecule has 0 fully saturated rings. The lowest BCUT2D eigenvalue weighted by molar-refractivity contribution is 0.0519. The minimum atomic E-state index is -0.320. The van der Waals surface area contributed by atoms with Gasteiger partial charge in [-0.05, 0) is 50.8 Å². The number of hydrogen-bond acceptors (Lipinski definition) is 3. The minimum Gasteiger partial charge on any atom is -0.461 e. The van der Waals surface area contributed by atoms with Gasteiger partial charge in [0.15, 0.2) is 0 Å². The first kappa shape index (κ1) is 14.2. The molecule has 1 aromatic heterocycles. The molecule has 5 heteroatoms. The van der Waals surface area contributed by atoms with E-state index in [2.05, 4.69) is 4.98 Å². The van der Waals surface area contributed by atoms with Crippen molar-refractivity contribution in [3.63, 3.8) is 0 Å². The lowest BCUT2D eigenvalue weighted by Gasteiger charge is -2.17. The van der Waals surface area contributed by atoms with Crippen LogP contribution in [0.5, 0.6) is 0 Å². The number of H-pyrrole nitrogens is 1. The molecule has 0 bridgehead atoms. The number of aryl methyl sites for hydroxylation is 1. The van der Waals surface area contributed by atoms with Gasteiger partial charge < -0.3 is 15.5 Å². The molecule has 104 valence electrons. The first-order valence-corrected chi connectivity index (χ1v) is 6.94. The van der Waals surface area contributed by atoms with Gasteiger partial charge in [0.25, 0.3) is 0 Å². The topological polar surface area (TPSA) is 68.1 Å². The Morgan fingerprint density at radius 3 is 2.84 bits per heavy atom. The van der Waals surface area contributed by atoms with Crippen LogP contribution in [0, 0.1) is 6.92 Å². The van der Waals surface area contributed by atoms with Crippen molar-refractivity contribution >= 4 is 22.6 Å². The van der Waals surface area contributed by atoms with Gasteiger partial charge >= 0.3 is 5.97 Å². The second kappa shape index (κ2) is 5.80. The Kier molecular flexibility index (Phi) is 4.32. The maximum atomic E-state index is 11.9. The lowest BCUT2D eigenvalue weighted by Crippen LogP contribution is -2.07. The molecule has 19 heavy (non-hydrogen) atoms. The smallest absolute Gasteiger partial charge is 0.355 e. The largest absolute Gasteiger partial charge is 0.461 e. The van der Waals surface area contributed by atoms with Crippen LogP contribution in [0.4, 0.5) is 0 Å². The fourth-order valence-corrected chi connectivity index (χ4v) is 2.97. The van der Waals surface area contributed by atoms with Crippen LogP contribution in [0.3, 0.4) is 0 Å².